The fraction of sp³-hybridized carbons (Fsp3) is 0.882. The lowest BCUT2D eigenvalue weighted by atomic mass is 9.83. The van der Waals surface area contributed by atoms with Crippen molar-refractivity contribution < 1.29 is 9.47 Å². The zero-order valence-corrected chi connectivity index (χ0v) is 13.8. The van der Waals surface area contributed by atoms with Gasteiger partial charge >= 0.3 is 0 Å². The maximum absolute atomic E-state index is 5.95. The minimum Gasteiger partial charge on any atom is -0.381 e. The van der Waals surface area contributed by atoms with Crippen LogP contribution in [0.15, 0.2) is 12.7 Å². The Morgan fingerprint density at radius 2 is 1.53 bits per heavy atom. The lowest BCUT2D eigenvalue weighted by Crippen LogP contribution is -2.32. The van der Waals surface area contributed by atoms with Gasteiger partial charge in [0.15, 0.2) is 0 Å². The number of rotatable bonds is 12. The largest absolute Gasteiger partial charge is 0.381 e. The van der Waals surface area contributed by atoms with E-state index in [9.17, 15) is 0 Å². The molecule has 0 aliphatic carbocycles. The highest BCUT2D eigenvalue weighted by atomic mass is 16.5. The normalized spacial score (nSPS) is 15.2. The zero-order valence-electron chi connectivity index (χ0n) is 13.8. The molecule has 114 valence electrons. The first kappa shape index (κ1) is 18.7. The van der Waals surface area contributed by atoms with Crippen LogP contribution in [-0.4, -0.2) is 26.4 Å². The van der Waals surface area contributed by atoms with Crippen molar-refractivity contribution in [3.63, 3.8) is 0 Å². The monoisotopic (exact) mass is 270 g/mol. The van der Waals surface area contributed by atoms with Crippen molar-refractivity contribution in [3.8, 4) is 0 Å². The van der Waals surface area contributed by atoms with Crippen LogP contribution in [0.2, 0.25) is 0 Å². The molecule has 0 fully saturated rings. The van der Waals surface area contributed by atoms with Crippen molar-refractivity contribution >= 4 is 0 Å². The van der Waals surface area contributed by atoms with Gasteiger partial charge in [0.25, 0.3) is 0 Å². The highest BCUT2D eigenvalue weighted by Gasteiger charge is 2.27. The Balaban J connectivity index is 4.16. The Kier molecular flexibility index (Phi) is 9.38. The highest BCUT2D eigenvalue weighted by molar-refractivity contribution is 4.90. The van der Waals surface area contributed by atoms with Gasteiger partial charge in [0.05, 0.1) is 13.2 Å². The van der Waals surface area contributed by atoms with Crippen molar-refractivity contribution in [1.82, 2.24) is 0 Å². The first-order chi connectivity index (χ1) is 9.01. The third kappa shape index (κ3) is 6.58. The quantitative estimate of drug-likeness (QED) is 0.373. The molecule has 0 heterocycles. The Morgan fingerprint density at radius 3 is 1.95 bits per heavy atom. The molecule has 0 aromatic heterocycles. The second kappa shape index (κ2) is 9.55. The summed E-state index contributed by atoms with van der Waals surface area (Å²) in [4.78, 5) is 0. The van der Waals surface area contributed by atoms with Crippen LogP contribution in [0.5, 0.6) is 0 Å². The van der Waals surface area contributed by atoms with Gasteiger partial charge in [-0.3, -0.25) is 0 Å². The van der Waals surface area contributed by atoms with E-state index in [1.165, 1.54) is 0 Å². The van der Waals surface area contributed by atoms with E-state index >= 15 is 0 Å². The van der Waals surface area contributed by atoms with Gasteiger partial charge in [0, 0.05) is 18.6 Å². The summed E-state index contributed by atoms with van der Waals surface area (Å²) < 4.78 is 11.6. The summed E-state index contributed by atoms with van der Waals surface area (Å²) in [7, 11) is 0. The lowest BCUT2D eigenvalue weighted by molar-refractivity contribution is -0.0286. The molecular weight excluding hydrogens is 236 g/mol. The van der Waals surface area contributed by atoms with Crippen LogP contribution in [0.4, 0.5) is 0 Å². The molecule has 0 aromatic rings. The molecule has 2 heteroatoms. The minimum absolute atomic E-state index is 0.187. The molecule has 0 aliphatic heterocycles. The van der Waals surface area contributed by atoms with E-state index in [4.69, 9.17) is 9.47 Å². The van der Waals surface area contributed by atoms with Crippen molar-refractivity contribution in [2.45, 2.75) is 60.3 Å². The van der Waals surface area contributed by atoms with Gasteiger partial charge in [-0.25, -0.2) is 0 Å². The van der Waals surface area contributed by atoms with E-state index in [1.54, 1.807) is 0 Å². The SMILES string of the molecule is C=CC(C)(CC)CCOCC(CC)(CC)COCC. The van der Waals surface area contributed by atoms with E-state index < -0.39 is 0 Å². The molecule has 0 aliphatic rings. The standard InChI is InChI=1S/C17H34O2/c1-7-16(6,8-2)12-13-19-15-17(9-3,10-4)14-18-11-5/h7H,1,8-15H2,2-6H3. The molecule has 0 radical (unpaired) electrons. The van der Waals surface area contributed by atoms with Gasteiger partial charge in [0.2, 0.25) is 0 Å². The van der Waals surface area contributed by atoms with Crippen LogP contribution < -0.4 is 0 Å². The first-order valence-electron chi connectivity index (χ1n) is 7.80. The first-order valence-corrected chi connectivity index (χ1v) is 7.80. The molecule has 0 spiro atoms. The second-order valence-electron chi connectivity index (χ2n) is 5.86. The highest BCUT2D eigenvalue weighted by Crippen LogP contribution is 2.29. The smallest absolute Gasteiger partial charge is 0.0544 e. The van der Waals surface area contributed by atoms with Crippen molar-refractivity contribution in [1.29, 1.82) is 0 Å². The Labute approximate surface area is 120 Å². The summed E-state index contributed by atoms with van der Waals surface area (Å²) in [6.07, 6.45) is 6.44. The van der Waals surface area contributed by atoms with E-state index in [2.05, 4.69) is 40.3 Å². The maximum atomic E-state index is 5.95. The molecule has 19 heavy (non-hydrogen) atoms. The summed E-state index contributed by atoms with van der Waals surface area (Å²) in [6, 6.07) is 0. The molecule has 1 unspecified atom stereocenters. The average molecular weight is 270 g/mol. The van der Waals surface area contributed by atoms with E-state index in [-0.39, 0.29) is 10.8 Å². The molecule has 0 saturated heterocycles. The fourth-order valence-corrected chi connectivity index (χ4v) is 2.04. The van der Waals surface area contributed by atoms with Gasteiger partial charge in [-0.15, -0.1) is 6.58 Å². The second-order valence-corrected chi connectivity index (χ2v) is 5.86. The van der Waals surface area contributed by atoms with Crippen LogP contribution >= 0.6 is 0 Å². The molecule has 0 amide bonds. The zero-order chi connectivity index (χ0) is 14.8. The van der Waals surface area contributed by atoms with Crippen LogP contribution in [0.1, 0.15) is 60.3 Å². The van der Waals surface area contributed by atoms with Gasteiger partial charge in [-0.1, -0.05) is 33.8 Å². The fourth-order valence-electron chi connectivity index (χ4n) is 2.04. The summed E-state index contributed by atoms with van der Waals surface area (Å²) in [5.74, 6) is 0. The molecule has 0 rings (SSSR count). The molecule has 2 nitrogen and oxygen atoms in total. The molecule has 0 N–H and O–H groups in total. The number of hydrogen-bond donors (Lipinski definition) is 0. The number of allylic oxidation sites excluding steroid dienone is 1. The molecule has 0 bridgehead atoms. The predicted molar refractivity (Wildman–Crippen MR) is 83.5 cm³/mol. The third-order valence-corrected chi connectivity index (χ3v) is 4.64. The molecule has 0 aromatic carbocycles. The Morgan fingerprint density at radius 1 is 0.947 bits per heavy atom. The topological polar surface area (TPSA) is 18.5 Å². The lowest BCUT2D eigenvalue weighted by Gasteiger charge is -2.32. The summed E-state index contributed by atoms with van der Waals surface area (Å²) >= 11 is 0. The molecule has 0 saturated carbocycles. The summed E-state index contributed by atoms with van der Waals surface area (Å²) in [5, 5.41) is 0. The van der Waals surface area contributed by atoms with E-state index in [1.807, 2.05) is 6.92 Å². The van der Waals surface area contributed by atoms with Crippen molar-refractivity contribution in [2.24, 2.45) is 10.8 Å². The summed E-state index contributed by atoms with van der Waals surface area (Å²) in [5.41, 5.74) is 0.397. The minimum atomic E-state index is 0.187. The van der Waals surface area contributed by atoms with Crippen LogP contribution in [0.25, 0.3) is 0 Å². The van der Waals surface area contributed by atoms with Crippen LogP contribution in [0.3, 0.4) is 0 Å². The maximum Gasteiger partial charge on any atom is 0.0544 e. The third-order valence-electron chi connectivity index (χ3n) is 4.64. The van der Waals surface area contributed by atoms with E-state index in [0.29, 0.717) is 0 Å². The van der Waals surface area contributed by atoms with Crippen molar-refractivity contribution in [3.05, 3.63) is 12.7 Å². The van der Waals surface area contributed by atoms with Crippen molar-refractivity contribution in [2.75, 3.05) is 26.4 Å². The van der Waals surface area contributed by atoms with Gasteiger partial charge in [-0.05, 0) is 38.0 Å². The Hall–Kier alpha value is -0.340. The summed E-state index contributed by atoms with van der Waals surface area (Å²) in [6.45, 7) is 18.1. The van der Waals surface area contributed by atoms with E-state index in [0.717, 1.165) is 52.1 Å². The van der Waals surface area contributed by atoms with Gasteiger partial charge < -0.3 is 9.47 Å². The average Bonchev–Trinajstić information content (AvgIpc) is 2.47. The van der Waals surface area contributed by atoms with Crippen LogP contribution in [-0.2, 0) is 9.47 Å². The van der Waals surface area contributed by atoms with Crippen LogP contribution in [0, 0.1) is 10.8 Å². The number of hydrogen-bond acceptors (Lipinski definition) is 2. The molecule has 1 atom stereocenters. The van der Waals surface area contributed by atoms with Gasteiger partial charge in [0.1, 0.15) is 0 Å². The predicted octanol–water partition coefficient (Wildman–Crippen LogP) is 4.84. The molecular formula is C17H34O2. The van der Waals surface area contributed by atoms with Gasteiger partial charge in [-0.2, -0.15) is 0 Å². The Bertz CT molecular complexity index is 233. The number of ether oxygens (including phenoxy) is 2.